The number of sulfonamides is 1. The molecule has 138 valence electrons. The van der Waals surface area contributed by atoms with Gasteiger partial charge in [-0.15, -0.1) is 6.58 Å². The van der Waals surface area contributed by atoms with Gasteiger partial charge in [0.15, 0.2) is 0 Å². The molecular formula is C19H21FN2O3S. The van der Waals surface area contributed by atoms with E-state index in [1.165, 1.54) is 23.1 Å². The van der Waals surface area contributed by atoms with Crippen LogP contribution in [0.2, 0.25) is 0 Å². The molecule has 0 fully saturated rings. The molecule has 2 aromatic carbocycles. The lowest BCUT2D eigenvalue weighted by Gasteiger charge is -2.21. The summed E-state index contributed by atoms with van der Waals surface area (Å²) in [6, 6.07) is 14.1. The van der Waals surface area contributed by atoms with Crippen LogP contribution in [-0.2, 0) is 21.4 Å². The van der Waals surface area contributed by atoms with Crippen molar-refractivity contribution in [1.82, 2.24) is 9.62 Å². The minimum atomic E-state index is -3.66. The normalized spacial score (nSPS) is 11.1. The van der Waals surface area contributed by atoms with Gasteiger partial charge in [0.25, 0.3) is 0 Å². The molecule has 2 rings (SSSR count). The highest BCUT2D eigenvalue weighted by atomic mass is 32.2. The van der Waals surface area contributed by atoms with Crippen LogP contribution in [0.4, 0.5) is 4.39 Å². The third kappa shape index (κ3) is 5.50. The molecule has 0 aromatic heterocycles. The van der Waals surface area contributed by atoms with Gasteiger partial charge in [0.1, 0.15) is 5.82 Å². The minimum absolute atomic E-state index is 0.0334. The Morgan fingerprint density at radius 2 is 1.77 bits per heavy atom. The predicted octanol–water partition coefficient (Wildman–Crippen LogP) is 2.71. The Balaban J connectivity index is 1.95. The van der Waals surface area contributed by atoms with E-state index in [0.29, 0.717) is 5.56 Å². The van der Waals surface area contributed by atoms with Crippen molar-refractivity contribution in [2.75, 3.05) is 13.1 Å². The van der Waals surface area contributed by atoms with Gasteiger partial charge in [0.05, 0.1) is 4.90 Å². The van der Waals surface area contributed by atoms with Crippen LogP contribution in [0.3, 0.4) is 0 Å². The summed E-state index contributed by atoms with van der Waals surface area (Å²) in [6.07, 6.45) is 1.52. The molecule has 0 atom stereocenters. The van der Waals surface area contributed by atoms with Crippen LogP contribution >= 0.6 is 0 Å². The van der Waals surface area contributed by atoms with E-state index in [0.717, 1.165) is 0 Å². The molecule has 0 unspecified atom stereocenters. The first-order valence-corrected chi connectivity index (χ1v) is 9.59. The van der Waals surface area contributed by atoms with Crippen molar-refractivity contribution in [2.45, 2.75) is 17.9 Å². The number of nitrogens with zero attached hydrogens (tertiary/aromatic N) is 1. The Bertz CT molecular complexity index is 854. The average molecular weight is 376 g/mol. The largest absolute Gasteiger partial charge is 0.335 e. The number of rotatable bonds is 9. The van der Waals surface area contributed by atoms with Crippen LogP contribution in [0.5, 0.6) is 0 Å². The van der Waals surface area contributed by atoms with E-state index in [-0.39, 0.29) is 42.7 Å². The van der Waals surface area contributed by atoms with Crippen LogP contribution in [0.15, 0.2) is 72.1 Å². The maximum absolute atomic E-state index is 13.8. The highest BCUT2D eigenvalue weighted by Crippen LogP contribution is 2.11. The van der Waals surface area contributed by atoms with Crippen LogP contribution < -0.4 is 4.72 Å². The van der Waals surface area contributed by atoms with Gasteiger partial charge in [0.2, 0.25) is 15.9 Å². The smallest absolute Gasteiger partial charge is 0.240 e. The summed E-state index contributed by atoms with van der Waals surface area (Å²) in [6.45, 7) is 3.92. The van der Waals surface area contributed by atoms with Crippen molar-refractivity contribution in [3.8, 4) is 0 Å². The summed E-state index contributed by atoms with van der Waals surface area (Å²) in [5, 5.41) is 0. The Morgan fingerprint density at radius 3 is 2.42 bits per heavy atom. The van der Waals surface area contributed by atoms with Crippen molar-refractivity contribution in [3.63, 3.8) is 0 Å². The molecule has 2 aromatic rings. The van der Waals surface area contributed by atoms with E-state index in [1.807, 2.05) is 0 Å². The zero-order valence-electron chi connectivity index (χ0n) is 14.3. The lowest BCUT2D eigenvalue weighted by atomic mass is 10.2. The number of carbonyl (C=O) groups is 1. The van der Waals surface area contributed by atoms with Crippen LogP contribution in [-0.4, -0.2) is 32.3 Å². The summed E-state index contributed by atoms with van der Waals surface area (Å²) in [4.78, 5) is 14.0. The fraction of sp³-hybridized carbons (Fsp3) is 0.211. The number of hydrogen-bond acceptors (Lipinski definition) is 3. The van der Waals surface area contributed by atoms with Gasteiger partial charge in [-0.1, -0.05) is 42.5 Å². The zero-order chi connectivity index (χ0) is 19.0. The highest BCUT2D eigenvalue weighted by molar-refractivity contribution is 7.89. The topological polar surface area (TPSA) is 66.5 Å². The number of benzene rings is 2. The summed E-state index contributed by atoms with van der Waals surface area (Å²) < 4.78 is 40.5. The maximum atomic E-state index is 13.8. The predicted molar refractivity (Wildman–Crippen MR) is 98.3 cm³/mol. The first kappa shape index (κ1) is 19.8. The van der Waals surface area contributed by atoms with E-state index in [1.54, 1.807) is 42.5 Å². The van der Waals surface area contributed by atoms with E-state index < -0.39 is 10.0 Å². The Hall–Kier alpha value is -2.51. The second-order valence-electron chi connectivity index (χ2n) is 5.62. The van der Waals surface area contributed by atoms with E-state index >= 15 is 0 Å². The van der Waals surface area contributed by atoms with Crippen LogP contribution in [0.25, 0.3) is 0 Å². The molecule has 0 radical (unpaired) electrons. The van der Waals surface area contributed by atoms with Crippen molar-refractivity contribution in [3.05, 3.63) is 78.6 Å². The highest BCUT2D eigenvalue weighted by Gasteiger charge is 2.17. The standard InChI is InChI=1S/C19H21FN2O3S/c1-2-14-22(15-16-8-6-7-11-18(16)20)19(23)12-13-21-26(24,25)17-9-4-3-5-10-17/h2-11,21H,1,12-15H2. The lowest BCUT2D eigenvalue weighted by Crippen LogP contribution is -2.34. The Kier molecular flexibility index (Phi) is 7.06. The molecule has 0 spiro atoms. The second-order valence-corrected chi connectivity index (χ2v) is 7.38. The maximum Gasteiger partial charge on any atom is 0.240 e. The van der Waals surface area contributed by atoms with Crippen molar-refractivity contribution < 1.29 is 17.6 Å². The zero-order valence-corrected chi connectivity index (χ0v) is 15.1. The van der Waals surface area contributed by atoms with Gasteiger partial charge >= 0.3 is 0 Å². The molecule has 0 aliphatic carbocycles. The Morgan fingerprint density at radius 1 is 1.12 bits per heavy atom. The number of nitrogens with one attached hydrogen (secondary N) is 1. The third-order valence-electron chi connectivity index (χ3n) is 3.71. The van der Waals surface area contributed by atoms with Gasteiger partial charge in [-0.3, -0.25) is 4.79 Å². The summed E-state index contributed by atoms with van der Waals surface area (Å²) in [5.74, 6) is -0.678. The first-order chi connectivity index (χ1) is 12.4. The van der Waals surface area contributed by atoms with Crippen molar-refractivity contribution in [2.24, 2.45) is 0 Å². The van der Waals surface area contributed by atoms with Crippen molar-refractivity contribution in [1.29, 1.82) is 0 Å². The third-order valence-corrected chi connectivity index (χ3v) is 5.18. The van der Waals surface area contributed by atoms with E-state index in [4.69, 9.17) is 0 Å². The molecule has 0 aliphatic rings. The molecule has 0 saturated carbocycles. The SMILES string of the molecule is C=CCN(Cc1ccccc1F)C(=O)CCNS(=O)(=O)c1ccccc1. The fourth-order valence-corrected chi connectivity index (χ4v) is 3.43. The molecule has 0 heterocycles. The molecule has 1 N–H and O–H groups in total. The van der Waals surface area contributed by atoms with Crippen LogP contribution in [0.1, 0.15) is 12.0 Å². The van der Waals surface area contributed by atoms with Gasteiger partial charge in [-0.25, -0.2) is 17.5 Å². The second kappa shape index (κ2) is 9.26. The molecule has 0 aliphatic heterocycles. The summed E-state index contributed by atoms with van der Waals surface area (Å²) >= 11 is 0. The number of carbonyl (C=O) groups excluding carboxylic acids is 1. The molecule has 5 nitrogen and oxygen atoms in total. The van der Waals surface area contributed by atoms with E-state index in [9.17, 15) is 17.6 Å². The molecule has 0 bridgehead atoms. The molecule has 1 amide bonds. The minimum Gasteiger partial charge on any atom is -0.335 e. The number of amides is 1. The van der Waals surface area contributed by atoms with Gasteiger partial charge < -0.3 is 4.90 Å². The molecule has 7 heteroatoms. The quantitative estimate of drug-likeness (QED) is 0.685. The van der Waals surface area contributed by atoms with E-state index in [2.05, 4.69) is 11.3 Å². The lowest BCUT2D eigenvalue weighted by molar-refractivity contribution is -0.131. The number of hydrogen-bond donors (Lipinski definition) is 1. The van der Waals surface area contributed by atoms with Crippen LogP contribution in [0, 0.1) is 5.82 Å². The fourth-order valence-electron chi connectivity index (χ4n) is 2.38. The van der Waals surface area contributed by atoms with Crippen molar-refractivity contribution >= 4 is 15.9 Å². The molecule has 26 heavy (non-hydrogen) atoms. The summed E-state index contributed by atoms with van der Waals surface area (Å²) in [5.41, 5.74) is 0.396. The van der Waals surface area contributed by atoms with Gasteiger partial charge in [0, 0.05) is 31.6 Å². The average Bonchev–Trinajstić information content (AvgIpc) is 2.63. The molecule has 0 saturated heterocycles. The summed E-state index contributed by atoms with van der Waals surface area (Å²) in [7, 11) is -3.66. The van der Waals surface area contributed by atoms with Gasteiger partial charge in [-0.2, -0.15) is 0 Å². The molecular weight excluding hydrogens is 355 g/mol. The Labute approximate surface area is 153 Å². The number of halogens is 1. The monoisotopic (exact) mass is 376 g/mol. The first-order valence-electron chi connectivity index (χ1n) is 8.11. The van der Waals surface area contributed by atoms with Gasteiger partial charge in [-0.05, 0) is 18.2 Å².